The van der Waals surface area contributed by atoms with E-state index in [1.54, 1.807) is 18.2 Å². The number of amides is 2. The Morgan fingerprint density at radius 2 is 1.96 bits per heavy atom. The van der Waals surface area contributed by atoms with Gasteiger partial charge in [-0.25, -0.2) is 0 Å². The molecule has 1 aromatic carbocycles. The minimum Gasteiger partial charge on any atom is -0.384 e. The predicted octanol–water partition coefficient (Wildman–Crippen LogP) is 2.07. The van der Waals surface area contributed by atoms with Crippen LogP contribution in [0.1, 0.15) is 27.6 Å². The summed E-state index contributed by atoms with van der Waals surface area (Å²) in [6, 6.07) is 6.23. The molecular weight excluding hydrogens is 338 g/mol. The Balaban J connectivity index is 2.33. The van der Waals surface area contributed by atoms with Crippen molar-refractivity contribution < 1.29 is 9.59 Å². The molecule has 0 saturated heterocycles. The van der Waals surface area contributed by atoms with Crippen molar-refractivity contribution in [1.82, 2.24) is 9.88 Å². The van der Waals surface area contributed by atoms with E-state index in [0.717, 1.165) is 16.7 Å². The molecule has 2 aromatic rings. The van der Waals surface area contributed by atoms with Crippen LogP contribution in [0, 0.1) is 0 Å². The lowest BCUT2D eigenvalue weighted by Gasteiger charge is -2.15. The van der Waals surface area contributed by atoms with Gasteiger partial charge in [0.15, 0.2) is 0 Å². The quantitative estimate of drug-likeness (QED) is 0.653. The molecule has 0 spiro atoms. The van der Waals surface area contributed by atoms with Crippen LogP contribution in [0.2, 0.25) is 5.02 Å². The van der Waals surface area contributed by atoms with Crippen molar-refractivity contribution in [3.8, 4) is 5.69 Å². The molecule has 0 fully saturated rings. The first kappa shape index (κ1) is 15.6. The number of hydrogen-bond donors (Lipinski definition) is 2. The average Bonchev–Trinajstić information content (AvgIpc) is 2.76. The van der Waals surface area contributed by atoms with E-state index < -0.39 is 17.4 Å². The summed E-state index contributed by atoms with van der Waals surface area (Å²) < 4.78 is 1.21. The lowest BCUT2D eigenvalue weighted by atomic mass is 10.1. The number of rotatable bonds is 3. The predicted molar refractivity (Wildman–Crippen MR) is 89.7 cm³/mol. The number of thioether (sulfide) groups is 1. The Kier molecular flexibility index (Phi) is 3.91. The number of nitrogen functional groups attached to an aromatic ring is 1. The normalized spacial score (nSPS) is 13.1. The number of fused-ring (bicyclic) bond motifs is 1. The largest absolute Gasteiger partial charge is 0.384 e. The van der Waals surface area contributed by atoms with Gasteiger partial charge in [0.25, 0.3) is 17.4 Å². The molecule has 8 heteroatoms. The highest BCUT2D eigenvalue weighted by Crippen LogP contribution is 2.31. The molecule has 23 heavy (non-hydrogen) atoms. The van der Waals surface area contributed by atoms with Crippen LogP contribution in [-0.2, 0) is 0 Å². The molecule has 0 aliphatic carbocycles. The summed E-state index contributed by atoms with van der Waals surface area (Å²) in [5, 5.41) is 2.58. The van der Waals surface area contributed by atoms with Crippen molar-refractivity contribution in [3.63, 3.8) is 0 Å². The molecule has 118 valence electrons. The number of nitrogens with one attached hydrogen (secondary N) is 1. The van der Waals surface area contributed by atoms with Crippen LogP contribution in [0.5, 0.6) is 0 Å². The molecule has 1 aliphatic heterocycles. The van der Waals surface area contributed by atoms with Gasteiger partial charge in [-0.2, -0.15) is 0 Å². The summed E-state index contributed by atoms with van der Waals surface area (Å²) in [7, 11) is 0. The van der Waals surface area contributed by atoms with E-state index in [4.69, 9.17) is 17.3 Å². The summed E-state index contributed by atoms with van der Waals surface area (Å²) in [6.45, 7) is 1.98. The number of benzene rings is 1. The fourth-order valence-electron chi connectivity index (χ4n) is 2.47. The minimum absolute atomic E-state index is 0.000438. The monoisotopic (exact) mass is 349 g/mol. The maximum absolute atomic E-state index is 12.5. The van der Waals surface area contributed by atoms with Crippen LogP contribution in [0.4, 0.5) is 5.82 Å². The van der Waals surface area contributed by atoms with Gasteiger partial charge in [0, 0.05) is 16.0 Å². The Morgan fingerprint density at radius 1 is 1.22 bits per heavy atom. The number of hydrogen-bond acceptors (Lipinski definition) is 5. The highest BCUT2D eigenvalue weighted by atomic mass is 35.5. The van der Waals surface area contributed by atoms with E-state index in [1.165, 1.54) is 16.3 Å². The van der Waals surface area contributed by atoms with Gasteiger partial charge in [0.1, 0.15) is 5.82 Å². The molecular formula is C15H12ClN3O3S. The number of carbonyl (C=O) groups excluding carboxylic acids is 2. The maximum atomic E-state index is 12.5. The van der Waals surface area contributed by atoms with Crippen LogP contribution in [0.15, 0.2) is 34.0 Å². The molecule has 1 aliphatic rings. The molecule has 3 N–H and O–H groups in total. The molecule has 0 saturated carbocycles. The van der Waals surface area contributed by atoms with E-state index in [9.17, 15) is 14.4 Å². The summed E-state index contributed by atoms with van der Waals surface area (Å²) in [6.07, 6.45) is 0. The molecule has 2 amide bonds. The third-order valence-corrected chi connectivity index (χ3v) is 4.60. The minimum atomic E-state index is -0.616. The Hall–Kier alpha value is -2.25. The van der Waals surface area contributed by atoms with Crippen molar-refractivity contribution in [2.75, 3.05) is 11.5 Å². The second kappa shape index (κ2) is 5.75. The molecule has 1 aromatic heterocycles. The van der Waals surface area contributed by atoms with Crippen LogP contribution in [0.25, 0.3) is 5.69 Å². The maximum Gasteiger partial charge on any atom is 0.262 e. The summed E-state index contributed by atoms with van der Waals surface area (Å²) in [5.74, 6) is -0.512. The number of imide groups is 1. The number of nitrogens with zero attached hydrogens (tertiary/aromatic N) is 1. The van der Waals surface area contributed by atoms with Crippen molar-refractivity contribution in [3.05, 3.63) is 50.8 Å². The van der Waals surface area contributed by atoms with E-state index in [-0.39, 0.29) is 16.9 Å². The standard InChI is InChI=1S/C15H12ClN3O3S/c1-2-23-10-4-3-7(16)5-9(10)19-11(20)6-8-12(13(19)17)15(22)18-14(8)21/h3-6H,2,17H2,1H3,(H,18,21,22). The molecule has 0 bridgehead atoms. The van der Waals surface area contributed by atoms with E-state index in [0.29, 0.717) is 10.7 Å². The smallest absolute Gasteiger partial charge is 0.262 e. The summed E-state index contributed by atoms with van der Waals surface area (Å²) in [5.41, 5.74) is 6.04. The summed E-state index contributed by atoms with van der Waals surface area (Å²) in [4.78, 5) is 36.9. The number of aromatic nitrogens is 1. The van der Waals surface area contributed by atoms with Crippen LogP contribution in [-0.4, -0.2) is 22.1 Å². The number of halogens is 1. The van der Waals surface area contributed by atoms with Gasteiger partial charge in [-0.1, -0.05) is 18.5 Å². The molecule has 0 atom stereocenters. The highest BCUT2D eigenvalue weighted by molar-refractivity contribution is 7.99. The van der Waals surface area contributed by atoms with E-state index in [1.807, 2.05) is 6.92 Å². The highest BCUT2D eigenvalue weighted by Gasteiger charge is 2.32. The lowest BCUT2D eigenvalue weighted by Crippen LogP contribution is -2.24. The van der Waals surface area contributed by atoms with Crippen LogP contribution >= 0.6 is 23.4 Å². The van der Waals surface area contributed by atoms with Crippen molar-refractivity contribution in [2.45, 2.75) is 11.8 Å². The first-order chi connectivity index (χ1) is 10.9. The number of nitrogens with two attached hydrogens (primary N) is 1. The van der Waals surface area contributed by atoms with Gasteiger partial charge < -0.3 is 5.73 Å². The first-order valence-electron chi connectivity index (χ1n) is 6.78. The Bertz CT molecular complexity index is 908. The van der Waals surface area contributed by atoms with Crippen molar-refractivity contribution in [1.29, 1.82) is 0 Å². The van der Waals surface area contributed by atoms with Gasteiger partial charge in [-0.3, -0.25) is 24.3 Å². The zero-order chi connectivity index (χ0) is 16.7. The van der Waals surface area contributed by atoms with Gasteiger partial charge in [0.2, 0.25) is 0 Å². The topological polar surface area (TPSA) is 94.2 Å². The number of pyridine rings is 1. The second-order valence-corrected chi connectivity index (χ2v) is 6.56. The molecule has 2 heterocycles. The van der Waals surface area contributed by atoms with Crippen LogP contribution in [0.3, 0.4) is 0 Å². The molecule has 3 rings (SSSR count). The van der Waals surface area contributed by atoms with Crippen molar-refractivity contribution in [2.24, 2.45) is 0 Å². The zero-order valence-corrected chi connectivity index (χ0v) is 13.6. The SMILES string of the molecule is CCSc1ccc(Cl)cc1-n1c(N)c2c(cc1=O)C(=O)NC2=O. The lowest BCUT2D eigenvalue weighted by molar-refractivity contribution is 0.0880. The van der Waals surface area contributed by atoms with E-state index >= 15 is 0 Å². The second-order valence-electron chi connectivity index (χ2n) is 4.82. The fraction of sp³-hybridized carbons (Fsp3) is 0.133. The molecule has 0 radical (unpaired) electrons. The Labute approximate surface area is 140 Å². The molecule has 0 unspecified atom stereocenters. The molecule has 6 nitrogen and oxygen atoms in total. The first-order valence-corrected chi connectivity index (χ1v) is 8.14. The van der Waals surface area contributed by atoms with E-state index in [2.05, 4.69) is 5.32 Å². The van der Waals surface area contributed by atoms with Gasteiger partial charge in [0.05, 0.1) is 16.8 Å². The van der Waals surface area contributed by atoms with Crippen molar-refractivity contribution >= 4 is 41.0 Å². The average molecular weight is 350 g/mol. The van der Waals surface area contributed by atoms with Crippen LogP contribution < -0.4 is 16.6 Å². The third-order valence-electron chi connectivity index (χ3n) is 3.42. The summed E-state index contributed by atoms with van der Waals surface area (Å²) >= 11 is 7.56. The van der Waals surface area contributed by atoms with Gasteiger partial charge >= 0.3 is 0 Å². The number of anilines is 1. The third kappa shape index (κ3) is 2.51. The zero-order valence-electron chi connectivity index (χ0n) is 12.1. The fourth-order valence-corrected chi connectivity index (χ4v) is 3.41. The van der Waals surface area contributed by atoms with Gasteiger partial charge in [-0.15, -0.1) is 11.8 Å². The number of carbonyl (C=O) groups is 2. The Morgan fingerprint density at radius 3 is 2.65 bits per heavy atom. The van der Waals surface area contributed by atoms with Gasteiger partial charge in [-0.05, 0) is 24.0 Å².